The van der Waals surface area contributed by atoms with Crippen molar-refractivity contribution in [1.82, 2.24) is 10.2 Å². The van der Waals surface area contributed by atoms with E-state index in [0.29, 0.717) is 30.1 Å². The van der Waals surface area contributed by atoms with Crippen LogP contribution in [0.15, 0.2) is 53.5 Å². The number of aliphatic imine (C=N–C) groups is 1. The Morgan fingerprint density at radius 3 is 2.58 bits per heavy atom. The second-order valence-corrected chi connectivity index (χ2v) is 9.18. The van der Waals surface area contributed by atoms with E-state index in [1.807, 2.05) is 48.5 Å². The highest BCUT2D eigenvalue weighted by molar-refractivity contribution is 6.31. The van der Waals surface area contributed by atoms with Crippen LogP contribution in [0.25, 0.3) is 0 Å². The maximum atomic E-state index is 14.0. The van der Waals surface area contributed by atoms with E-state index in [-0.39, 0.29) is 17.9 Å². The van der Waals surface area contributed by atoms with Crippen LogP contribution >= 0.6 is 11.6 Å². The van der Waals surface area contributed by atoms with E-state index in [1.54, 1.807) is 4.90 Å². The van der Waals surface area contributed by atoms with Crippen LogP contribution in [0, 0.1) is 0 Å². The summed E-state index contributed by atoms with van der Waals surface area (Å²) in [6.07, 6.45) is 6.22. The third-order valence-electron chi connectivity index (χ3n) is 6.84. The van der Waals surface area contributed by atoms with Crippen LogP contribution in [0.2, 0.25) is 5.02 Å². The molecule has 1 saturated heterocycles. The number of carbonyl (C=O) groups excluding carboxylic acids is 2. The lowest BCUT2D eigenvalue weighted by atomic mass is 9.83. The smallest absolute Gasteiger partial charge is 0.252 e. The molecule has 5 nitrogen and oxygen atoms in total. The van der Waals surface area contributed by atoms with Crippen LogP contribution in [-0.4, -0.2) is 34.0 Å². The Hall–Kier alpha value is -2.66. The number of nitrogens with zero attached hydrogens (tertiary/aromatic N) is 2. The summed E-state index contributed by atoms with van der Waals surface area (Å²) in [5, 5.41) is 3.92. The fourth-order valence-corrected chi connectivity index (χ4v) is 5.31. The van der Waals surface area contributed by atoms with E-state index in [9.17, 15) is 9.59 Å². The molecule has 1 saturated carbocycles. The molecule has 1 N–H and O–H groups in total. The van der Waals surface area contributed by atoms with Gasteiger partial charge in [0.15, 0.2) is 5.54 Å². The first-order valence-electron chi connectivity index (χ1n) is 11.1. The summed E-state index contributed by atoms with van der Waals surface area (Å²) in [6.45, 7) is 0.383. The van der Waals surface area contributed by atoms with E-state index >= 15 is 0 Å². The van der Waals surface area contributed by atoms with Gasteiger partial charge in [-0.15, -0.1) is 0 Å². The number of nitrogens with one attached hydrogen (secondary N) is 1. The molecule has 2 heterocycles. The molecule has 5 rings (SSSR count). The largest absolute Gasteiger partial charge is 0.351 e. The Balaban J connectivity index is 1.65. The summed E-state index contributed by atoms with van der Waals surface area (Å²) >= 11 is 6.14. The standard InChI is InChI=1S/C25H26ClN3O2/c26-19-12-10-17(11-13-19)23-25(24(31)27-20-7-2-1-3-8-20)15-14-22(30)29(25)16-18-6-4-5-9-21(18)28-23/h4-6,9-13,20H,1-3,7-8,14-16H2,(H,27,31). The van der Waals surface area contributed by atoms with Gasteiger partial charge in [-0.3, -0.25) is 9.59 Å². The van der Waals surface area contributed by atoms with Crippen molar-refractivity contribution in [2.24, 2.45) is 4.99 Å². The second kappa shape index (κ2) is 8.12. The highest BCUT2D eigenvalue weighted by Gasteiger charge is 2.56. The zero-order chi connectivity index (χ0) is 21.4. The molecule has 2 aromatic rings. The quantitative estimate of drug-likeness (QED) is 0.753. The van der Waals surface area contributed by atoms with Gasteiger partial charge >= 0.3 is 0 Å². The minimum Gasteiger partial charge on any atom is -0.351 e. The maximum absolute atomic E-state index is 14.0. The highest BCUT2D eigenvalue weighted by atomic mass is 35.5. The fraction of sp³-hybridized carbons (Fsp3) is 0.400. The summed E-state index contributed by atoms with van der Waals surface area (Å²) in [5.74, 6) is -0.107. The fourth-order valence-electron chi connectivity index (χ4n) is 5.18. The zero-order valence-corrected chi connectivity index (χ0v) is 18.2. The van der Waals surface area contributed by atoms with E-state index in [2.05, 4.69) is 5.32 Å². The monoisotopic (exact) mass is 435 g/mol. The molecule has 2 aliphatic heterocycles. The van der Waals surface area contributed by atoms with Crippen molar-refractivity contribution in [2.75, 3.05) is 0 Å². The van der Waals surface area contributed by atoms with Crippen molar-refractivity contribution >= 4 is 34.8 Å². The number of hydrogen-bond acceptors (Lipinski definition) is 3. The molecule has 31 heavy (non-hydrogen) atoms. The molecule has 2 fully saturated rings. The third-order valence-corrected chi connectivity index (χ3v) is 7.09. The number of para-hydroxylation sites is 1. The van der Waals surface area contributed by atoms with Gasteiger partial charge in [0.05, 0.1) is 11.4 Å². The minimum atomic E-state index is -1.11. The van der Waals surface area contributed by atoms with Gasteiger partial charge in [-0.2, -0.15) is 0 Å². The molecule has 2 aromatic carbocycles. The predicted molar refractivity (Wildman–Crippen MR) is 122 cm³/mol. The molecule has 1 aliphatic carbocycles. The van der Waals surface area contributed by atoms with Gasteiger partial charge in [-0.05, 0) is 48.6 Å². The summed E-state index contributed by atoms with van der Waals surface area (Å²) in [4.78, 5) is 33.8. The van der Waals surface area contributed by atoms with Crippen molar-refractivity contribution in [3.63, 3.8) is 0 Å². The summed E-state index contributed by atoms with van der Waals surface area (Å²) in [6, 6.07) is 15.4. The molecule has 0 spiro atoms. The predicted octanol–water partition coefficient (Wildman–Crippen LogP) is 4.78. The SMILES string of the molecule is O=C1CCC2(C(=O)NC3CCCCC3)C(c3ccc(Cl)cc3)=Nc3ccccc3CN12. The van der Waals surface area contributed by atoms with E-state index in [4.69, 9.17) is 16.6 Å². The lowest BCUT2D eigenvalue weighted by Crippen LogP contribution is -2.62. The zero-order valence-electron chi connectivity index (χ0n) is 17.4. The average molecular weight is 436 g/mol. The Labute approximate surface area is 187 Å². The Morgan fingerprint density at radius 2 is 1.81 bits per heavy atom. The highest BCUT2D eigenvalue weighted by Crippen LogP contribution is 2.41. The third kappa shape index (κ3) is 3.55. The first-order chi connectivity index (χ1) is 15.1. The number of carbonyl (C=O) groups is 2. The molecule has 1 atom stereocenters. The summed E-state index contributed by atoms with van der Waals surface area (Å²) in [5.41, 5.74) is 2.10. The normalized spacial score (nSPS) is 23.6. The van der Waals surface area contributed by atoms with Gasteiger partial charge in [-0.1, -0.05) is 61.2 Å². The van der Waals surface area contributed by atoms with Gasteiger partial charge in [0.2, 0.25) is 5.91 Å². The molecule has 6 heteroatoms. The molecule has 0 bridgehead atoms. The second-order valence-electron chi connectivity index (χ2n) is 8.74. The number of halogens is 1. The molecule has 0 aromatic heterocycles. The molecule has 0 radical (unpaired) electrons. The first kappa shape index (κ1) is 20.3. The van der Waals surface area contributed by atoms with Gasteiger partial charge in [0.25, 0.3) is 5.91 Å². The Bertz CT molecular complexity index is 1040. The molecule has 3 aliphatic rings. The van der Waals surface area contributed by atoms with Crippen molar-refractivity contribution in [3.8, 4) is 0 Å². The van der Waals surface area contributed by atoms with Crippen LogP contribution in [-0.2, 0) is 16.1 Å². The Kier molecular flexibility index (Phi) is 5.30. The van der Waals surface area contributed by atoms with Crippen molar-refractivity contribution in [3.05, 3.63) is 64.7 Å². The van der Waals surface area contributed by atoms with Gasteiger partial charge in [-0.25, -0.2) is 4.99 Å². The maximum Gasteiger partial charge on any atom is 0.252 e. The van der Waals surface area contributed by atoms with Gasteiger partial charge in [0.1, 0.15) is 0 Å². The van der Waals surface area contributed by atoms with Crippen molar-refractivity contribution < 1.29 is 9.59 Å². The average Bonchev–Trinajstić information content (AvgIpc) is 3.03. The van der Waals surface area contributed by atoms with Crippen LogP contribution in [0.1, 0.15) is 56.1 Å². The number of benzene rings is 2. The van der Waals surface area contributed by atoms with Gasteiger partial charge < -0.3 is 10.2 Å². The minimum absolute atomic E-state index is 0.00263. The number of fused-ring (bicyclic) bond motifs is 2. The van der Waals surface area contributed by atoms with E-state index in [1.165, 1.54) is 6.42 Å². The Morgan fingerprint density at radius 1 is 1.06 bits per heavy atom. The molecule has 160 valence electrons. The number of rotatable bonds is 3. The lowest BCUT2D eigenvalue weighted by Gasteiger charge is -2.38. The summed E-state index contributed by atoms with van der Waals surface area (Å²) < 4.78 is 0. The van der Waals surface area contributed by atoms with Crippen LogP contribution in [0.3, 0.4) is 0 Å². The molecule has 1 unspecified atom stereocenters. The topological polar surface area (TPSA) is 61.8 Å². The molecule has 2 amide bonds. The van der Waals surface area contributed by atoms with Crippen LogP contribution in [0.4, 0.5) is 5.69 Å². The van der Waals surface area contributed by atoms with Crippen LogP contribution in [0.5, 0.6) is 0 Å². The van der Waals surface area contributed by atoms with Crippen molar-refractivity contribution in [1.29, 1.82) is 0 Å². The van der Waals surface area contributed by atoms with E-state index in [0.717, 1.165) is 42.5 Å². The molecular formula is C25H26ClN3O2. The lowest BCUT2D eigenvalue weighted by molar-refractivity contribution is -0.138. The first-order valence-corrected chi connectivity index (χ1v) is 11.5. The number of amides is 2. The van der Waals surface area contributed by atoms with Gasteiger partial charge in [0, 0.05) is 24.0 Å². The number of hydrogen-bond donors (Lipinski definition) is 1. The van der Waals surface area contributed by atoms with Crippen molar-refractivity contribution in [2.45, 2.75) is 63.1 Å². The van der Waals surface area contributed by atoms with E-state index < -0.39 is 5.54 Å². The summed E-state index contributed by atoms with van der Waals surface area (Å²) in [7, 11) is 0. The molecular weight excluding hydrogens is 410 g/mol. The van der Waals surface area contributed by atoms with Crippen LogP contribution < -0.4 is 5.32 Å².